The molecule has 0 bridgehead atoms. The number of hydrogen-bond donors (Lipinski definition) is 0. The highest BCUT2D eigenvalue weighted by atomic mass is 16.5. The standard InChI is InChI=1S/C12H13N5O2/c18-11(10-8-15-19-9-10)16-4-6-17(7-5-16)12-13-2-1-3-14-12/h1-3,8-9H,4-7H2. The number of aromatic nitrogens is 3. The molecule has 2 aromatic heterocycles. The third-order valence-corrected chi connectivity index (χ3v) is 3.08. The number of hydrogen-bond acceptors (Lipinski definition) is 6. The highest BCUT2D eigenvalue weighted by Crippen LogP contribution is 2.12. The number of carbonyl (C=O) groups excluding carboxylic acids is 1. The van der Waals surface area contributed by atoms with Gasteiger partial charge >= 0.3 is 0 Å². The minimum atomic E-state index is -0.0464. The van der Waals surface area contributed by atoms with Crippen LogP contribution in [0.25, 0.3) is 0 Å². The van der Waals surface area contributed by atoms with Crippen LogP contribution in [0, 0.1) is 0 Å². The van der Waals surface area contributed by atoms with E-state index in [0.29, 0.717) is 24.6 Å². The highest BCUT2D eigenvalue weighted by molar-refractivity contribution is 5.93. The Labute approximate surface area is 109 Å². The van der Waals surface area contributed by atoms with E-state index in [-0.39, 0.29) is 5.91 Å². The van der Waals surface area contributed by atoms with Gasteiger partial charge in [-0.2, -0.15) is 0 Å². The summed E-state index contributed by atoms with van der Waals surface area (Å²) in [6.07, 6.45) is 6.25. The van der Waals surface area contributed by atoms with Crippen LogP contribution in [-0.2, 0) is 0 Å². The van der Waals surface area contributed by atoms with Crippen LogP contribution in [0.1, 0.15) is 10.4 Å². The lowest BCUT2D eigenvalue weighted by atomic mass is 10.2. The normalized spacial score (nSPS) is 15.6. The van der Waals surface area contributed by atoms with Gasteiger partial charge in [-0.15, -0.1) is 0 Å². The minimum Gasteiger partial charge on any atom is -0.364 e. The average Bonchev–Trinajstić information content (AvgIpc) is 3.02. The molecule has 0 radical (unpaired) electrons. The van der Waals surface area contributed by atoms with Crippen LogP contribution in [0.2, 0.25) is 0 Å². The van der Waals surface area contributed by atoms with E-state index in [1.54, 1.807) is 23.4 Å². The molecule has 1 fully saturated rings. The summed E-state index contributed by atoms with van der Waals surface area (Å²) in [6, 6.07) is 1.79. The van der Waals surface area contributed by atoms with E-state index in [2.05, 4.69) is 24.5 Å². The fraction of sp³-hybridized carbons (Fsp3) is 0.333. The molecule has 0 aliphatic carbocycles. The Hall–Kier alpha value is -2.44. The molecule has 1 aliphatic rings. The molecule has 1 amide bonds. The van der Waals surface area contributed by atoms with E-state index < -0.39 is 0 Å². The van der Waals surface area contributed by atoms with Crippen molar-refractivity contribution in [2.24, 2.45) is 0 Å². The maximum atomic E-state index is 12.1. The van der Waals surface area contributed by atoms with Gasteiger partial charge in [0.1, 0.15) is 6.26 Å². The predicted octanol–water partition coefficient (Wildman–Crippen LogP) is 0.427. The number of piperazine rings is 1. The molecule has 1 saturated heterocycles. The predicted molar refractivity (Wildman–Crippen MR) is 66.7 cm³/mol. The molecular formula is C12H13N5O2. The van der Waals surface area contributed by atoms with Crippen molar-refractivity contribution < 1.29 is 9.32 Å². The molecule has 3 rings (SSSR count). The summed E-state index contributed by atoms with van der Waals surface area (Å²) in [5.74, 6) is 0.662. The Morgan fingerprint density at radius 2 is 1.89 bits per heavy atom. The molecule has 98 valence electrons. The second-order valence-electron chi connectivity index (χ2n) is 4.24. The summed E-state index contributed by atoms with van der Waals surface area (Å²) in [4.78, 5) is 24.3. The van der Waals surface area contributed by atoms with Crippen LogP contribution < -0.4 is 4.90 Å². The Kier molecular flexibility index (Phi) is 3.09. The van der Waals surface area contributed by atoms with E-state index in [1.165, 1.54) is 12.5 Å². The molecule has 0 atom stereocenters. The van der Waals surface area contributed by atoms with Gasteiger partial charge in [0.25, 0.3) is 5.91 Å². The lowest BCUT2D eigenvalue weighted by Crippen LogP contribution is -2.49. The Morgan fingerprint density at radius 1 is 1.16 bits per heavy atom. The monoisotopic (exact) mass is 259 g/mol. The van der Waals surface area contributed by atoms with Crippen LogP contribution in [-0.4, -0.2) is 52.1 Å². The van der Waals surface area contributed by atoms with Crippen molar-refractivity contribution in [2.75, 3.05) is 31.1 Å². The summed E-state index contributed by atoms with van der Waals surface area (Å²) < 4.78 is 4.69. The summed E-state index contributed by atoms with van der Waals surface area (Å²) in [7, 11) is 0. The van der Waals surface area contributed by atoms with Crippen LogP contribution in [0.4, 0.5) is 5.95 Å². The molecule has 3 heterocycles. The highest BCUT2D eigenvalue weighted by Gasteiger charge is 2.24. The minimum absolute atomic E-state index is 0.0464. The van der Waals surface area contributed by atoms with Gasteiger partial charge < -0.3 is 14.3 Å². The maximum absolute atomic E-state index is 12.1. The third-order valence-electron chi connectivity index (χ3n) is 3.08. The fourth-order valence-corrected chi connectivity index (χ4v) is 2.06. The Morgan fingerprint density at radius 3 is 2.53 bits per heavy atom. The molecule has 7 nitrogen and oxygen atoms in total. The topological polar surface area (TPSA) is 75.4 Å². The summed E-state index contributed by atoms with van der Waals surface area (Å²) in [5.41, 5.74) is 0.490. The van der Waals surface area contributed by atoms with Crippen LogP contribution in [0.3, 0.4) is 0 Å². The van der Waals surface area contributed by atoms with Gasteiger partial charge in [0.15, 0.2) is 0 Å². The SMILES string of the molecule is O=C(c1cnoc1)N1CCN(c2ncccn2)CC1. The molecule has 2 aromatic rings. The maximum Gasteiger partial charge on any atom is 0.258 e. The van der Waals surface area contributed by atoms with Crippen molar-refractivity contribution in [1.29, 1.82) is 0 Å². The van der Waals surface area contributed by atoms with Crippen molar-refractivity contribution in [3.05, 3.63) is 36.5 Å². The molecular weight excluding hydrogens is 246 g/mol. The van der Waals surface area contributed by atoms with E-state index in [9.17, 15) is 4.79 Å². The van der Waals surface area contributed by atoms with Crippen LogP contribution in [0.15, 0.2) is 35.4 Å². The first-order valence-corrected chi connectivity index (χ1v) is 6.05. The summed E-state index contributed by atoms with van der Waals surface area (Å²) in [5, 5.41) is 3.55. The van der Waals surface area contributed by atoms with E-state index >= 15 is 0 Å². The van der Waals surface area contributed by atoms with Crippen molar-refractivity contribution in [2.45, 2.75) is 0 Å². The molecule has 7 heteroatoms. The largest absolute Gasteiger partial charge is 0.364 e. The van der Waals surface area contributed by atoms with Gasteiger partial charge in [-0.25, -0.2) is 9.97 Å². The molecule has 1 aliphatic heterocycles. The zero-order valence-electron chi connectivity index (χ0n) is 10.3. The number of carbonyl (C=O) groups is 1. The van der Waals surface area contributed by atoms with Gasteiger partial charge in [-0.05, 0) is 6.07 Å². The summed E-state index contributed by atoms with van der Waals surface area (Å²) >= 11 is 0. The van der Waals surface area contributed by atoms with Gasteiger partial charge in [0, 0.05) is 38.6 Å². The average molecular weight is 259 g/mol. The molecule has 0 unspecified atom stereocenters. The number of rotatable bonds is 2. The zero-order valence-corrected chi connectivity index (χ0v) is 10.3. The van der Waals surface area contributed by atoms with Crippen molar-refractivity contribution in [1.82, 2.24) is 20.0 Å². The first kappa shape index (κ1) is 11.6. The molecule has 0 spiro atoms. The molecule has 0 N–H and O–H groups in total. The first-order chi connectivity index (χ1) is 9.34. The van der Waals surface area contributed by atoms with Crippen LogP contribution >= 0.6 is 0 Å². The lowest BCUT2D eigenvalue weighted by molar-refractivity contribution is 0.0745. The lowest BCUT2D eigenvalue weighted by Gasteiger charge is -2.34. The Bertz CT molecular complexity index is 535. The molecule has 19 heavy (non-hydrogen) atoms. The first-order valence-electron chi connectivity index (χ1n) is 6.05. The number of amides is 1. The van der Waals surface area contributed by atoms with Gasteiger partial charge in [0.05, 0.1) is 11.8 Å². The molecule has 0 aromatic carbocycles. The fourth-order valence-electron chi connectivity index (χ4n) is 2.06. The number of anilines is 1. The zero-order chi connectivity index (χ0) is 13.1. The van der Waals surface area contributed by atoms with E-state index in [0.717, 1.165) is 13.1 Å². The van der Waals surface area contributed by atoms with Crippen molar-refractivity contribution >= 4 is 11.9 Å². The van der Waals surface area contributed by atoms with E-state index in [4.69, 9.17) is 0 Å². The second kappa shape index (κ2) is 5.05. The Balaban J connectivity index is 1.62. The third kappa shape index (κ3) is 2.40. The van der Waals surface area contributed by atoms with Crippen molar-refractivity contribution in [3.8, 4) is 0 Å². The van der Waals surface area contributed by atoms with Crippen molar-refractivity contribution in [3.63, 3.8) is 0 Å². The number of nitrogens with zero attached hydrogens (tertiary/aromatic N) is 5. The smallest absolute Gasteiger partial charge is 0.258 e. The van der Waals surface area contributed by atoms with E-state index in [1.807, 2.05) is 0 Å². The quantitative estimate of drug-likeness (QED) is 0.778. The molecule has 0 saturated carbocycles. The van der Waals surface area contributed by atoms with Gasteiger partial charge in [-0.3, -0.25) is 4.79 Å². The second-order valence-corrected chi connectivity index (χ2v) is 4.24. The van der Waals surface area contributed by atoms with Gasteiger partial charge in [-0.1, -0.05) is 5.16 Å². The van der Waals surface area contributed by atoms with Gasteiger partial charge in [0.2, 0.25) is 5.95 Å². The summed E-state index contributed by atoms with van der Waals surface area (Å²) in [6.45, 7) is 2.73. The van der Waals surface area contributed by atoms with Crippen LogP contribution in [0.5, 0.6) is 0 Å².